The number of rotatable bonds is 12. The van der Waals surface area contributed by atoms with E-state index in [2.05, 4.69) is 22.0 Å². The Hall–Kier alpha value is -3.46. The van der Waals surface area contributed by atoms with E-state index in [1.165, 1.54) is 25.4 Å². The van der Waals surface area contributed by atoms with Crippen LogP contribution in [0.15, 0.2) is 63.8 Å². The standard InChI is InChI=1S/C29H35F5N4O5/c1-7-16-41-24-23(39-5)18(2)42-27(25(24)40-6)43-36-17-19-8-10-20(11-9-19)26(35-3)37-38(4)22-14-12-21(13-15-22)28(30,31)29(32,33)34/h8-15,17-18,23-25,27H,3,7,16H2,1-2,4-6H3/b36-17+,37-26-/t18-,23-,24+,25+,27-/m0/s1. The van der Waals surface area contributed by atoms with Gasteiger partial charge < -0.3 is 23.8 Å². The monoisotopic (exact) mass is 614 g/mol. The lowest BCUT2D eigenvalue weighted by Gasteiger charge is -2.42. The van der Waals surface area contributed by atoms with Crippen LogP contribution in [0.3, 0.4) is 0 Å². The molecule has 3 rings (SSSR count). The summed E-state index contributed by atoms with van der Waals surface area (Å²) in [5, 5.41) is 9.64. The molecule has 0 aliphatic carbocycles. The quantitative estimate of drug-likeness (QED) is 0.131. The number of benzene rings is 2. The smallest absolute Gasteiger partial charge is 0.376 e. The minimum absolute atomic E-state index is 0.185. The number of halogens is 5. The molecule has 0 amide bonds. The fourth-order valence-corrected chi connectivity index (χ4v) is 4.37. The Bertz CT molecular complexity index is 1240. The van der Waals surface area contributed by atoms with Crippen molar-refractivity contribution < 1.29 is 45.7 Å². The number of anilines is 1. The van der Waals surface area contributed by atoms with Crippen LogP contribution in [-0.4, -0.2) is 83.5 Å². The van der Waals surface area contributed by atoms with Gasteiger partial charge in [0.2, 0.25) is 0 Å². The summed E-state index contributed by atoms with van der Waals surface area (Å²) in [6.45, 7) is 7.89. The van der Waals surface area contributed by atoms with Crippen molar-refractivity contribution in [2.24, 2.45) is 15.2 Å². The van der Waals surface area contributed by atoms with Gasteiger partial charge in [0.05, 0.1) is 18.0 Å². The van der Waals surface area contributed by atoms with Crippen LogP contribution in [0.25, 0.3) is 0 Å². The Labute approximate surface area is 246 Å². The third-order valence-electron chi connectivity index (χ3n) is 6.68. The number of nitrogens with zero attached hydrogens (tertiary/aromatic N) is 4. The number of oxime groups is 1. The highest BCUT2D eigenvalue weighted by Gasteiger charge is 2.58. The maximum absolute atomic E-state index is 13.6. The lowest BCUT2D eigenvalue weighted by atomic mass is 9.99. The van der Waals surface area contributed by atoms with Gasteiger partial charge in [-0.15, -0.1) is 0 Å². The maximum atomic E-state index is 13.6. The van der Waals surface area contributed by atoms with Crippen LogP contribution < -0.4 is 5.01 Å². The highest BCUT2D eigenvalue weighted by Crippen LogP contribution is 2.44. The van der Waals surface area contributed by atoms with Crippen LogP contribution in [0, 0.1) is 0 Å². The SMILES string of the molecule is C=N/C(=N\N(C)c1ccc(C(F)(F)C(F)(F)F)cc1)c1ccc(/C=N/O[C@@H]2O[C@@H](C)[C@H](OC)[C@@H](OCCC)[C@H]2OC)cc1. The number of alkyl halides is 5. The van der Waals surface area contributed by atoms with Gasteiger partial charge in [0.25, 0.3) is 6.29 Å². The van der Waals surface area contributed by atoms with Gasteiger partial charge in [-0.2, -0.15) is 27.1 Å². The summed E-state index contributed by atoms with van der Waals surface area (Å²) in [6, 6.07) is 10.5. The van der Waals surface area contributed by atoms with Gasteiger partial charge in [-0.05, 0) is 37.8 Å². The van der Waals surface area contributed by atoms with E-state index in [0.717, 1.165) is 18.6 Å². The number of hydrazone groups is 1. The van der Waals surface area contributed by atoms with E-state index in [1.807, 2.05) is 13.8 Å². The first kappa shape index (κ1) is 34.0. The fourth-order valence-electron chi connectivity index (χ4n) is 4.37. The number of ether oxygens (including phenoxy) is 4. The summed E-state index contributed by atoms with van der Waals surface area (Å²) in [5.41, 5.74) is 0.325. The van der Waals surface area contributed by atoms with E-state index >= 15 is 0 Å². The molecule has 0 radical (unpaired) electrons. The number of aliphatic imine (C=N–C) groups is 1. The molecule has 0 bridgehead atoms. The Morgan fingerprint density at radius 1 is 0.977 bits per heavy atom. The van der Waals surface area contributed by atoms with Crippen molar-refractivity contribution in [2.45, 2.75) is 63.1 Å². The van der Waals surface area contributed by atoms with Gasteiger partial charge in [0, 0.05) is 39.0 Å². The zero-order valence-corrected chi connectivity index (χ0v) is 24.4. The van der Waals surface area contributed by atoms with E-state index < -0.39 is 36.2 Å². The van der Waals surface area contributed by atoms with Crippen molar-refractivity contribution in [2.75, 3.05) is 32.9 Å². The second-order valence-corrected chi connectivity index (χ2v) is 9.63. The molecule has 0 aromatic heterocycles. The van der Waals surface area contributed by atoms with E-state index in [1.54, 1.807) is 31.4 Å². The molecule has 0 spiro atoms. The molecule has 1 saturated heterocycles. The normalized spacial score (nSPS) is 23.4. The lowest BCUT2D eigenvalue weighted by Crippen LogP contribution is -2.59. The van der Waals surface area contributed by atoms with E-state index in [4.69, 9.17) is 23.8 Å². The summed E-state index contributed by atoms with van der Waals surface area (Å²) < 4.78 is 88.2. The Kier molecular flexibility index (Phi) is 11.7. The third-order valence-corrected chi connectivity index (χ3v) is 6.68. The van der Waals surface area contributed by atoms with Crippen molar-refractivity contribution in [1.82, 2.24) is 0 Å². The Balaban J connectivity index is 1.68. The van der Waals surface area contributed by atoms with Crippen LogP contribution in [0.4, 0.5) is 27.6 Å². The number of hydrogen-bond donors (Lipinski definition) is 0. The highest BCUT2D eigenvalue weighted by molar-refractivity contribution is 6.02. The predicted octanol–water partition coefficient (Wildman–Crippen LogP) is 5.76. The number of hydrogen-bond acceptors (Lipinski definition) is 8. The van der Waals surface area contributed by atoms with Gasteiger partial charge in [0.1, 0.15) is 12.2 Å². The molecule has 1 aliphatic rings. The van der Waals surface area contributed by atoms with Gasteiger partial charge in [-0.3, -0.25) is 5.01 Å². The number of amidine groups is 1. The summed E-state index contributed by atoms with van der Waals surface area (Å²) in [6.07, 6.45) is -5.91. The Morgan fingerprint density at radius 3 is 2.14 bits per heavy atom. The molecule has 9 nitrogen and oxygen atoms in total. The third kappa shape index (κ3) is 8.13. The average molecular weight is 615 g/mol. The van der Waals surface area contributed by atoms with Crippen LogP contribution in [0.1, 0.15) is 37.0 Å². The molecule has 0 N–H and O–H groups in total. The van der Waals surface area contributed by atoms with E-state index in [9.17, 15) is 22.0 Å². The second-order valence-electron chi connectivity index (χ2n) is 9.63. The van der Waals surface area contributed by atoms with Gasteiger partial charge >= 0.3 is 12.1 Å². The Morgan fingerprint density at radius 2 is 1.60 bits per heavy atom. The van der Waals surface area contributed by atoms with Crippen molar-refractivity contribution in [3.05, 3.63) is 65.2 Å². The van der Waals surface area contributed by atoms with Crippen LogP contribution in [0.5, 0.6) is 0 Å². The first-order chi connectivity index (χ1) is 20.4. The molecular weight excluding hydrogens is 579 g/mol. The van der Waals surface area contributed by atoms with Gasteiger partial charge in [-0.1, -0.05) is 48.5 Å². The molecule has 0 unspecified atom stereocenters. The first-order valence-corrected chi connectivity index (χ1v) is 13.3. The molecule has 0 saturated carbocycles. The van der Waals surface area contributed by atoms with Crippen molar-refractivity contribution >= 4 is 24.5 Å². The van der Waals surface area contributed by atoms with Crippen LogP contribution in [0.2, 0.25) is 0 Å². The fraction of sp³-hybridized carbons (Fsp3) is 0.483. The largest absolute Gasteiger partial charge is 0.458 e. The summed E-state index contributed by atoms with van der Waals surface area (Å²) in [5.74, 6) is -4.78. The predicted molar refractivity (Wildman–Crippen MR) is 152 cm³/mol. The highest BCUT2D eigenvalue weighted by atomic mass is 19.4. The molecule has 1 fully saturated rings. The number of methoxy groups -OCH3 is 2. The van der Waals surface area contributed by atoms with Crippen LogP contribution >= 0.6 is 0 Å². The molecule has 2 aromatic rings. The molecule has 43 heavy (non-hydrogen) atoms. The van der Waals surface area contributed by atoms with Crippen molar-refractivity contribution in [1.29, 1.82) is 0 Å². The zero-order chi connectivity index (χ0) is 31.8. The molecule has 5 atom stereocenters. The average Bonchev–Trinajstić information content (AvgIpc) is 2.98. The second kappa shape index (κ2) is 14.8. The summed E-state index contributed by atoms with van der Waals surface area (Å²) >= 11 is 0. The summed E-state index contributed by atoms with van der Waals surface area (Å²) in [4.78, 5) is 9.54. The van der Waals surface area contributed by atoms with E-state index in [0.29, 0.717) is 29.9 Å². The molecule has 2 aromatic carbocycles. The molecule has 1 aliphatic heterocycles. The first-order valence-electron chi connectivity index (χ1n) is 13.3. The van der Waals surface area contributed by atoms with E-state index in [-0.39, 0.29) is 23.7 Å². The maximum Gasteiger partial charge on any atom is 0.458 e. The van der Waals surface area contributed by atoms with Crippen LogP contribution in [-0.2, 0) is 29.7 Å². The molecule has 14 heteroatoms. The minimum Gasteiger partial charge on any atom is -0.376 e. The van der Waals surface area contributed by atoms with Crippen molar-refractivity contribution in [3.8, 4) is 0 Å². The molecule has 236 valence electrons. The van der Waals surface area contributed by atoms with Gasteiger partial charge in [-0.25, -0.2) is 4.99 Å². The lowest BCUT2D eigenvalue weighted by molar-refractivity contribution is -0.308. The molecular formula is C29H35F5N4O5. The zero-order valence-electron chi connectivity index (χ0n) is 24.4. The van der Waals surface area contributed by atoms with Gasteiger partial charge in [0.15, 0.2) is 11.9 Å². The minimum atomic E-state index is -5.70. The molecule has 1 heterocycles. The topological polar surface area (TPSA) is 86.5 Å². The summed E-state index contributed by atoms with van der Waals surface area (Å²) in [7, 11) is 4.61. The van der Waals surface area contributed by atoms with Crippen molar-refractivity contribution in [3.63, 3.8) is 0 Å².